The molecule has 0 radical (unpaired) electrons. The van der Waals surface area contributed by atoms with Crippen molar-refractivity contribution < 1.29 is 22.7 Å². The van der Waals surface area contributed by atoms with Crippen molar-refractivity contribution in [2.75, 3.05) is 0 Å². The molecule has 1 aromatic carbocycles. The van der Waals surface area contributed by atoms with Gasteiger partial charge in [0, 0.05) is 19.4 Å². The van der Waals surface area contributed by atoms with Crippen LogP contribution in [0.4, 0.5) is 13.2 Å². The standard InChI is InChI=1S/C12H14F3NO2.ClH/c1-8(17)18-10-4-2-9(3-5-10)11(16)6-7-12(13,14)15;/h2-5,11H,6-7,16H2,1H3;1H/t11-;/m0./s1. The van der Waals surface area contributed by atoms with E-state index in [1.165, 1.54) is 19.1 Å². The molecule has 0 bridgehead atoms. The summed E-state index contributed by atoms with van der Waals surface area (Å²) in [7, 11) is 0. The lowest BCUT2D eigenvalue weighted by atomic mass is 10.0. The largest absolute Gasteiger partial charge is 0.427 e. The molecule has 0 fully saturated rings. The lowest BCUT2D eigenvalue weighted by molar-refractivity contribution is -0.136. The topological polar surface area (TPSA) is 52.3 Å². The van der Waals surface area contributed by atoms with E-state index in [1.807, 2.05) is 0 Å². The third-order valence-electron chi connectivity index (χ3n) is 2.31. The Morgan fingerprint density at radius 3 is 2.26 bits per heavy atom. The second kappa shape index (κ2) is 7.35. The Kier molecular flexibility index (Phi) is 6.86. The predicted molar refractivity (Wildman–Crippen MR) is 67.2 cm³/mol. The zero-order chi connectivity index (χ0) is 13.8. The van der Waals surface area contributed by atoms with Crippen molar-refractivity contribution in [3.8, 4) is 5.75 Å². The first-order valence-corrected chi connectivity index (χ1v) is 5.38. The zero-order valence-electron chi connectivity index (χ0n) is 10.2. The van der Waals surface area contributed by atoms with Crippen molar-refractivity contribution in [1.29, 1.82) is 0 Å². The molecule has 0 heterocycles. The Labute approximate surface area is 115 Å². The van der Waals surface area contributed by atoms with Crippen LogP contribution in [-0.4, -0.2) is 12.1 Å². The molecular weight excluding hydrogens is 283 g/mol. The van der Waals surface area contributed by atoms with Gasteiger partial charge in [-0.1, -0.05) is 12.1 Å². The highest BCUT2D eigenvalue weighted by atomic mass is 35.5. The maximum atomic E-state index is 12.0. The van der Waals surface area contributed by atoms with E-state index < -0.39 is 24.6 Å². The van der Waals surface area contributed by atoms with Crippen molar-refractivity contribution in [3.05, 3.63) is 29.8 Å². The average Bonchev–Trinajstić information content (AvgIpc) is 2.25. The fourth-order valence-electron chi connectivity index (χ4n) is 1.43. The van der Waals surface area contributed by atoms with Gasteiger partial charge in [0.25, 0.3) is 0 Å². The van der Waals surface area contributed by atoms with Crippen molar-refractivity contribution in [3.63, 3.8) is 0 Å². The van der Waals surface area contributed by atoms with Crippen LogP contribution in [0.3, 0.4) is 0 Å². The van der Waals surface area contributed by atoms with E-state index in [4.69, 9.17) is 10.5 Å². The van der Waals surface area contributed by atoms with Gasteiger partial charge >= 0.3 is 12.1 Å². The maximum Gasteiger partial charge on any atom is 0.389 e. The van der Waals surface area contributed by atoms with Crippen LogP contribution in [0.1, 0.15) is 31.4 Å². The van der Waals surface area contributed by atoms with E-state index in [2.05, 4.69) is 0 Å². The van der Waals surface area contributed by atoms with Crippen LogP contribution in [-0.2, 0) is 4.79 Å². The van der Waals surface area contributed by atoms with Crippen LogP contribution in [0.2, 0.25) is 0 Å². The van der Waals surface area contributed by atoms with Gasteiger partial charge in [0.2, 0.25) is 0 Å². The minimum Gasteiger partial charge on any atom is -0.427 e. The van der Waals surface area contributed by atoms with Crippen molar-refractivity contribution in [2.45, 2.75) is 32.0 Å². The maximum absolute atomic E-state index is 12.0. The first-order chi connectivity index (χ1) is 8.28. The third kappa shape index (κ3) is 7.03. The van der Waals surface area contributed by atoms with Gasteiger partial charge in [-0.25, -0.2) is 0 Å². The van der Waals surface area contributed by atoms with Crippen molar-refractivity contribution in [1.82, 2.24) is 0 Å². The summed E-state index contributed by atoms with van der Waals surface area (Å²) in [5.41, 5.74) is 6.22. The summed E-state index contributed by atoms with van der Waals surface area (Å²) in [6.07, 6.45) is -5.29. The molecule has 3 nitrogen and oxygen atoms in total. The number of nitrogens with two attached hydrogens (primary N) is 1. The molecule has 0 amide bonds. The molecule has 2 N–H and O–H groups in total. The number of carbonyl (C=O) groups is 1. The normalized spacial score (nSPS) is 12.5. The highest BCUT2D eigenvalue weighted by molar-refractivity contribution is 5.85. The van der Waals surface area contributed by atoms with E-state index in [0.717, 1.165) is 0 Å². The fourth-order valence-corrected chi connectivity index (χ4v) is 1.43. The average molecular weight is 298 g/mol. The SMILES string of the molecule is CC(=O)Oc1ccc([C@@H](N)CCC(F)(F)F)cc1.Cl. The Morgan fingerprint density at radius 1 is 1.32 bits per heavy atom. The van der Waals surface area contributed by atoms with Crippen molar-refractivity contribution in [2.24, 2.45) is 5.73 Å². The fraction of sp³-hybridized carbons (Fsp3) is 0.417. The number of benzene rings is 1. The molecule has 1 rings (SSSR count). The van der Waals surface area contributed by atoms with E-state index in [-0.39, 0.29) is 18.8 Å². The second-order valence-electron chi connectivity index (χ2n) is 3.92. The zero-order valence-corrected chi connectivity index (χ0v) is 11.1. The van der Waals surface area contributed by atoms with E-state index in [1.54, 1.807) is 12.1 Å². The first-order valence-electron chi connectivity index (χ1n) is 5.38. The van der Waals surface area contributed by atoms with Gasteiger partial charge < -0.3 is 10.5 Å². The molecule has 0 saturated carbocycles. The smallest absolute Gasteiger partial charge is 0.389 e. The molecule has 0 aliphatic rings. The molecule has 108 valence electrons. The summed E-state index contributed by atoms with van der Waals surface area (Å²) in [5.74, 6) is -0.113. The lowest BCUT2D eigenvalue weighted by Crippen LogP contribution is -2.15. The molecule has 0 saturated heterocycles. The molecule has 7 heteroatoms. The molecule has 19 heavy (non-hydrogen) atoms. The number of alkyl halides is 3. The summed E-state index contributed by atoms with van der Waals surface area (Å²) in [4.78, 5) is 10.7. The summed E-state index contributed by atoms with van der Waals surface area (Å²) < 4.78 is 40.9. The van der Waals surface area contributed by atoms with Gasteiger partial charge in [0.05, 0.1) is 0 Å². The molecule has 0 aromatic heterocycles. The first kappa shape index (κ1) is 17.7. The molecule has 0 aliphatic carbocycles. The Bertz CT molecular complexity index is 406. The van der Waals surface area contributed by atoms with E-state index in [9.17, 15) is 18.0 Å². The Morgan fingerprint density at radius 2 is 1.84 bits per heavy atom. The van der Waals surface area contributed by atoms with Crippen LogP contribution in [0.5, 0.6) is 5.75 Å². The Hall–Kier alpha value is -1.27. The number of halogens is 4. The van der Waals surface area contributed by atoms with E-state index in [0.29, 0.717) is 11.3 Å². The van der Waals surface area contributed by atoms with Gasteiger partial charge in [0.15, 0.2) is 0 Å². The van der Waals surface area contributed by atoms with Gasteiger partial charge in [-0.3, -0.25) is 4.79 Å². The highest BCUT2D eigenvalue weighted by Crippen LogP contribution is 2.27. The number of carbonyl (C=O) groups excluding carboxylic acids is 1. The molecule has 1 atom stereocenters. The van der Waals surface area contributed by atoms with E-state index >= 15 is 0 Å². The van der Waals surface area contributed by atoms with Gasteiger partial charge in [-0.2, -0.15) is 13.2 Å². The summed E-state index contributed by atoms with van der Waals surface area (Å²) in [5, 5.41) is 0. The summed E-state index contributed by atoms with van der Waals surface area (Å²) >= 11 is 0. The second-order valence-corrected chi connectivity index (χ2v) is 3.92. The van der Waals surface area contributed by atoms with Crippen LogP contribution in [0.15, 0.2) is 24.3 Å². The van der Waals surface area contributed by atoms with Gasteiger partial charge in [0.1, 0.15) is 5.75 Å². The summed E-state index contributed by atoms with van der Waals surface area (Å²) in [6, 6.07) is 5.44. The minimum atomic E-state index is -4.20. The van der Waals surface area contributed by atoms with Crippen LogP contribution in [0, 0.1) is 0 Å². The van der Waals surface area contributed by atoms with Crippen LogP contribution < -0.4 is 10.5 Å². The monoisotopic (exact) mass is 297 g/mol. The predicted octanol–water partition coefficient (Wildman–Crippen LogP) is 3.38. The molecular formula is C12H15ClF3NO2. The number of hydrogen-bond donors (Lipinski definition) is 1. The Balaban J connectivity index is 0.00000324. The number of rotatable bonds is 4. The van der Waals surface area contributed by atoms with Crippen molar-refractivity contribution >= 4 is 18.4 Å². The van der Waals surface area contributed by atoms with Crippen LogP contribution in [0.25, 0.3) is 0 Å². The van der Waals surface area contributed by atoms with Crippen LogP contribution >= 0.6 is 12.4 Å². The lowest BCUT2D eigenvalue weighted by Gasteiger charge is -2.13. The highest BCUT2D eigenvalue weighted by Gasteiger charge is 2.27. The molecule has 0 spiro atoms. The molecule has 0 aliphatic heterocycles. The quantitative estimate of drug-likeness (QED) is 0.685. The summed E-state index contributed by atoms with van der Waals surface area (Å²) in [6.45, 7) is 1.27. The minimum absolute atomic E-state index is 0. The number of ether oxygens (including phenoxy) is 1. The number of esters is 1. The van der Waals surface area contributed by atoms with Gasteiger partial charge in [-0.15, -0.1) is 12.4 Å². The third-order valence-corrected chi connectivity index (χ3v) is 2.31. The molecule has 0 unspecified atom stereocenters. The molecule has 1 aromatic rings. The number of hydrogen-bond acceptors (Lipinski definition) is 3. The van der Waals surface area contributed by atoms with Gasteiger partial charge in [-0.05, 0) is 24.1 Å².